The number of carbonyl (C=O) groups is 1. The van der Waals surface area contributed by atoms with Gasteiger partial charge in [0.05, 0.1) is 30.0 Å². The topological polar surface area (TPSA) is 62.1 Å². The summed E-state index contributed by atoms with van der Waals surface area (Å²) in [5, 5.41) is 0. The lowest BCUT2D eigenvalue weighted by Gasteiger charge is -2.16. The predicted molar refractivity (Wildman–Crippen MR) is 129 cm³/mol. The summed E-state index contributed by atoms with van der Waals surface area (Å²) in [6.45, 7) is 15.6. The SMILES string of the molecule is C=CCn1c(=NC(=O)c2cc(OCC)c(OCC)c(OCC)c2)sc2c(C)cc(C)cc21. The van der Waals surface area contributed by atoms with E-state index >= 15 is 0 Å². The number of rotatable bonds is 9. The average molecular weight is 455 g/mol. The van der Waals surface area contributed by atoms with Gasteiger partial charge in [-0.1, -0.05) is 23.5 Å². The molecule has 32 heavy (non-hydrogen) atoms. The second-order valence-electron chi connectivity index (χ2n) is 7.23. The second-order valence-corrected chi connectivity index (χ2v) is 8.21. The number of benzene rings is 2. The van der Waals surface area contributed by atoms with Gasteiger partial charge < -0.3 is 18.8 Å². The summed E-state index contributed by atoms with van der Waals surface area (Å²) in [6, 6.07) is 7.59. The molecule has 7 heteroatoms. The van der Waals surface area contributed by atoms with Gasteiger partial charge in [0, 0.05) is 12.1 Å². The third-order valence-corrected chi connectivity index (χ3v) is 6.01. The molecule has 0 aliphatic carbocycles. The third-order valence-electron chi connectivity index (χ3n) is 4.78. The zero-order valence-electron chi connectivity index (χ0n) is 19.4. The molecule has 0 aliphatic heterocycles. The number of carbonyl (C=O) groups excluding carboxylic acids is 1. The molecule has 0 fully saturated rings. The lowest BCUT2D eigenvalue weighted by molar-refractivity contribution is 0.0996. The van der Waals surface area contributed by atoms with Crippen LogP contribution in [0.2, 0.25) is 0 Å². The molecule has 2 aromatic carbocycles. The Hall–Kier alpha value is -3.06. The predicted octanol–water partition coefficient (Wildman–Crippen LogP) is 5.44. The Morgan fingerprint density at radius 1 is 1.03 bits per heavy atom. The quantitative estimate of drug-likeness (QED) is 0.404. The molecular weight excluding hydrogens is 424 g/mol. The minimum atomic E-state index is -0.367. The van der Waals surface area contributed by atoms with Crippen LogP contribution in [-0.4, -0.2) is 30.3 Å². The van der Waals surface area contributed by atoms with Crippen molar-refractivity contribution < 1.29 is 19.0 Å². The van der Waals surface area contributed by atoms with Crippen LogP contribution in [0.5, 0.6) is 17.2 Å². The molecule has 1 heterocycles. The van der Waals surface area contributed by atoms with Crippen LogP contribution in [-0.2, 0) is 6.54 Å². The monoisotopic (exact) mass is 454 g/mol. The summed E-state index contributed by atoms with van der Waals surface area (Å²) in [6.07, 6.45) is 1.81. The molecule has 0 radical (unpaired) electrons. The van der Waals surface area contributed by atoms with Crippen molar-refractivity contribution in [3.8, 4) is 17.2 Å². The van der Waals surface area contributed by atoms with Crippen LogP contribution in [0.25, 0.3) is 10.2 Å². The maximum Gasteiger partial charge on any atom is 0.279 e. The molecule has 0 spiro atoms. The van der Waals surface area contributed by atoms with Crippen LogP contribution in [0.4, 0.5) is 0 Å². The van der Waals surface area contributed by atoms with E-state index in [1.807, 2.05) is 31.4 Å². The van der Waals surface area contributed by atoms with Gasteiger partial charge in [0.1, 0.15) is 0 Å². The van der Waals surface area contributed by atoms with Crippen molar-refractivity contribution >= 4 is 27.5 Å². The van der Waals surface area contributed by atoms with Crippen molar-refractivity contribution in [3.05, 3.63) is 58.4 Å². The van der Waals surface area contributed by atoms with Crippen molar-refractivity contribution in [1.82, 2.24) is 4.57 Å². The van der Waals surface area contributed by atoms with Crippen LogP contribution >= 0.6 is 11.3 Å². The van der Waals surface area contributed by atoms with Crippen LogP contribution in [0.1, 0.15) is 42.3 Å². The zero-order chi connectivity index (χ0) is 23.3. The minimum absolute atomic E-state index is 0.367. The lowest BCUT2D eigenvalue weighted by Crippen LogP contribution is -2.16. The standard InChI is InChI=1S/C25H30N2O4S/c1-7-11-27-19-13-16(5)12-17(6)23(19)32-25(27)26-24(28)18-14-20(29-8-2)22(31-10-4)21(15-18)30-9-3/h7,12-15H,1,8-11H2,2-6H3. The van der Waals surface area contributed by atoms with E-state index in [1.165, 1.54) is 11.3 Å². The number of aromatic nitrogens is 1. The van der Waals surface area contributed by atoms with E-state index in [0.717, 1.165) is 21.3 Å². The summed E-state index contributed by atoms with van der Waals surface area (Å²) in [7, 11) is 0. The fraction of sp³-hybridized carbons (Fsp3) is 0.360. The van der Waals surface area contributed by atoms with E-state index in [-0.39, 0.29) is 5.91 Å². The minimum Gasteiger partial charge on any atom is -0.490 e. The zero-order valence-corrected chi connectivity index (χ0v) is 20.2. The van der Waals surface area contributed by atoms with Crippen molar-refractivity contribution in [1.29, 1.82) is 0 Å². The molecule has 0 atom stereocenters. The number of ether oxygens (including phenoxy) is 3. The van der Waals surface area contributed by atoms with Gasteiger partial charge in [-0.2, -0.15) is 4.99 Å². The Morgan fingerprint density at radius 2 is 1.66 bits per heavy atom. The highest BCUT2D eigenvalue weighted by Gasteiger charge is 2.19. The molecule has 3 rings (SSSR count). The largest absolute Gasteiger partial charge is 0.490 e. The summed E-state index contributed by atoms with van der Waals surface area (Å²) >= 11 is 1.50. The number of fused-ring (bicyclic) bond motifs is 1. The second kappa shape index (κ2) is 10.5. The van der Waals surface area contributed by atoms with Gasteiger partial charge in [-0.15, -0.1) is 6.58 Å². The van der Waals surface area contributed by atoms with Crippen molar-refractivity contribution in [3.63, 3.8) is 0 Å². The smallest absolute Gasteiger partial charge is 0.279 e. The Balaban J connectivity index is 2.17. The number of nitrogens with zero attached hydrogens (tertiary/aromatic N) is 2. The summed E-state index contributed by atoms with van der Waals surface area (Å²) in [4.78, 5) is 18.3. The Labute approximate surface area is 192 Å². The molecule has 3 aromatic rings. The average Bonchev–Trinajstić information content (AvgIpc) is 3.08. The molecule has 170 valence electrons. The summed E-state index contributed by atoms with van der Waals surface area (Å²) in [5.74, 6) is 1.08. The van der Waals surface area contributed by atoms with Crippen molar-refractivity contribution in [2.24, 2.45) is 4.99 Å². The lowest BCUT2D eigenvalue weighted by atomic mass is 10.1. The van der Waals surface area contributed by atoms with E-state index in [2.05, 4.69) is 37.6 Å². The molecule has 0 saturated carbocycles. The van der Waals surface area contributed by atoms with Gasteiger partial charge in [0.25, 0.3) is 5.91 Å². The first-order chi connectivity index (χ1) is 15.4. The van der Waals surface area contributed by atoms with Crippen LogP contribution < -0.4 is 19.0 Å². The highest BCUT2D eigenvalue weighted by atomic mass is 32.1. The number of amides is 1. The number of hydrogen-bond acceptors (Lipinski definition) is 5. The van der Waals surface area contributed by atoms with E-state index in [4.69, 9.17) is 14.2 Å². The van der Waals surface area contributed by atoms with E-state index < -0.39 is 0 Å². The molecule has 0 N–H and O–H groups in total. The van der Waals surface area contributed by atoms with Gasteiger partial charge >= 0.3 is 0 Å². The van der Waals surface area contributed by atoms with Gasteiger partial charge in [-0.25, -0.2) is 0 Å². The third kappa shape index (κ3) is 4.88. The molecule has 0 bridgehead atoms. The fourth-order valence-electron chi connectivity index (χ4n) is 3.57. The Kier molecular flexibility index (Phi) is 7.75. The number of allylic oxidation sites excluding steroid dienone is 1. The van der Waals surface area contributed by atoms with Gasteiger partial charge in [-0.05, 0) is 63.9 Å². The van der Waals surface area contributed by atoms with Crippen molar-refractivity contribution in [2.75, 3.05) is 19.8 Å². The Morgan fingerprint density at radius 3 is 2.22 bits per heavy atom. The molecule has 0 aliphatic rings. The Bertz CT molecular complexity index is 1180. The van der Waals surface area contributed by atoms with Gasteiger partial charge in [0.15, 0.2) is 16.3 Å². The number of hydrogen-bond donors (Lipinski definition) is 0. The van der Waals surface area contributed by atoms with Gasteiger partial charge in [0.2, 0.25) is 5.75 Å². The first-order valence-electron chi connectivity index (χ1n) is 10.8. The van der Waals surface area contributed by atoms with Crippen LogP contribution in [0.15, 0.2) is 41.9 Å². The van der Waals surface area contributed by atoms with E-state index in [9.17, 15) is 4.79 Å². The molecule has 0 unspecified atom stereocenters. The summed E-state index contributed by atoms with van der Waals surface area (Å²) in [5.41, 5.74) is 3.76. The maximum atomic E-state index is 13.2. The molecule has 1 amide bonds. The van der Waals surface area contributed by atoms with Crippen LogP contribution in [0, 0.1) is 13.8 Å². The van der Waals surface area contributed by atoms with E-state index in [1.54, 1.807) is 12.1 Å². The molecule has 1 aromatic heterocycles. The highest BCUT2D eigenvalue weighted by Crippen LogP contribution is 2.39. The number of aryl methyl sites for hydroxylation is 2. The first kappa shape index (κ1) is 23.6. The van der Waals surface area contributed by atoms with Crippen LogP contribution in [0.3, 0.4) is 0 Å². The normalized spacial score (nSPS) is 11.6. The van der Waals surface area contributed by atoms with Crippen molar-refractivity contribution in [2.45, 2.75) is 41.2 Å². The highest BCUT2D eigenvalue weighted by molar-refractivity contribution is 7.16. The maximum absolute atomic E-state index is 13.2. The molecule has 6 nitrogen and oxygen atoms in total. The first-order valence-corrected chi connectivity index (χ1v) is 11.6. The van der Waals surface area contributed by atoms with Gasteiger partial charge in [-0.3, -0.25) is 4.79 Å². The fourth-order valence-corrected chi connectivity index (χ4v) is 4.65. The molecule has 0 saturated heterocycles. The number of thiazole rings is 1. The van der Waals surface area contributed by atoms with E-state index in [0.29, 0.717) is 54.0 Å². The molecular formula is C25H30N2O4S. The summed E-state index contributed by atoms with van der Waals surface area (Å²) < 4.78 is 20.4.